The van der Waals surface area contributed by atoms with Crippen LogP contribution in [0.1, 0.15) is 17.3 Å². The molecule has 1 rings (SSSR count). The lowest BCUT2D eigenvalue weighted by molar-refractivity contribution is -0.137. The van der Waals surface area contributed by atoms with Crippen molar-refractivity contribution >= 4 is 21.9 Å². The number of nitrogens with zero attached hydrogens (tertiary/aromatic N) is 2. The molecule has 22 heavy (non-hydrogen) atoms. The molecular formula is C14H20N2O5S. The number of esters is 1. The third-order valence-corrected chi connectivity index (χ3v) is 4.77. The van der Waals surface area contributed by atoms with Crippen LogP contribution >= 0.6 is 0 Å². The van der Waals surface area contributed by atoms with Gasteiger partial charge in [-0.3, -0.25) is 4.79 Å². The smallest absolute Gasteiger partial charge is 0.338 e. The zero-order chi connectivity index (χ0) is 17.1. The van der Waals surface area contributed by atoms with Crippen LogP contribution in [0, 0.1) is 0 Å². The Morgan fingerprint density at radius 2 is 1.55 bits per heavy atom. The van der Waals surface area contributed by atoms with Crippen LogP contribution in [0.15, 0.2) is 29.2 Å². The zero-order valence-corrected chi connectivity index (χ0v) is 14.0. The Bertz CT molecular complexity index is 650. The molecular weight excluding hydrogens is 308 g/mol. The zero-order valence-electron chi connectivity index (χ0n) is 13.2. The molecule has 0 heterocycles. The van der Waals surface area contributed by atoms with Crippen LogP contribution in [0.3, 0.4) is 0 Å². The first kappa shape index (κ1) is 18.1. The summed E-state index contributed by atoms with van der Waals surface area (Å²) in [6, 6.07) is 5.35. The van der Waals surface area contributed by atoms with Crippen LogP contribution in [0.2, 0.25) is 0 Å². The number of rotatable bonds is 5. The monoisotopic (exact) mass is 328 g/mol. The Hall–Kier alpha value is -1.93. The van der Waals surface area contributed by atoms with E-state index in [1.54, 1.807) is 14.1 Å². The summed E-state index contributed by atoms with van der Waals surface area (Å²) in [6.45, 7) is 1.48. The van der Waals surface area contributed by atoms with Gasteiger partial charge in [0.25, 0.3) is 5.91 Å². The molecule has 1 amide bonds. The summed E-state index contributed by atoms with van der Waals surface area (Å²) in [5.41, 5.74) is 0.177. The number of carbonyl (C=O) groups excluding carboxylic acids is 2. The quantitative estimate of drug-likeness (QED) is 0.738. The highest BCUT2D eigenvalue weighted by Crippen LogP contribution is 2.15. The average Bonchev–Trinajstić information content (AvgIpc) is 2.46. The molecule has 0 aliphatic rings. The summed E-state index contributed by atoms with van der Waals surface area (Å²) < 4.78 is 30.0. The summed E-state index contributed by atoms with van der Waals surface area (Å²) in [5, 5.41) is 0. The molecule has 122 valence electrons. The number of carbonyl (C=O) groups is 2. The number of hydrogen-bond donors (Lipinski definition) is 0. The SMILES string of the molecule is C[C@@H](OC(=O)c1ccc(S(=O)(=O)N(C)C)cc1)C(=O)N(C)C. The van der Waals surface area contributed by atoms with E-state index in [1.165, 1.54) is 50.2 Å². The Kier molecular flexibility index (Phi) is 5.67. The van der Waals surface area contributed by atoms with E-state index >= 15 is 0 Å². The van der Waals surface area contributed by atoms with E-state index in [-0.39, 0.29) is 16.4 Å². The first-order valence-corrected chi connectivity index (χ1v) is 7.96. The van der Waals surface area contributed by atoms with Gasteiger partial charge in [0.05, 0.1) is 10.5 Å². The van der Waals surface area contributed by atoms with Crippen molar-refractivity contribution in [3.63, 3.8) is 0 Å². The van der Waals surface area contributed by atoms with Crippen LogP contribution in [-0.2, 0) is 19.6 Å². The van der Waals surface area contributed by atoms with Crippen molar-refractivity contribution in [3.8, 4) is 0 Å². The molecule has 1 atom stereocenters. The van der Waals surface area contributed by atoms with Crippen molar-refractivity contribution in [1.29, 1.82) is 0 Å². The number of amides is 1. The first-order valence-electron chi connectivity index (χ1n) is 6.52. The molecule has 0 fully saturated rings. The summed E-state index contributed by atoms with van der Waals surface area (Å²) in [5.74, 6) is -1.02. The lowest BCUT2D eigenvalue weighted by Gasteiger charge is -2.17. The van der Waals surface area contributed by atoms with Gasteiger partial charge in [0.1, 0.15) is 0 Å². The van der Waals surface area contributed by atoms with E-state index in [1.807, 2.05) is 0 Å². The molecule has 0 saturated heterocycles. The predicted molar refractivity (Wildman–Crippen MR) is 80.9 cm³/mol. The van der Waals surface area contributed by atoms with Crippen molar-refractivity contribution in [1.82, 2.24) is 9.21 Å². The summed E-state index contributed by atoms with van der Waals surface area (Å²) in [6.07, 6.45) is -0.910. The minimum Gasteiger partial charge on any atom is -0.449 e. The Morgan fingerprint density at radius 3 is 1.95 bits per heavy atom. The van der Waals surface area contributed by atoms with Crippen LogP contribution < -0.4 is 0 Å². The van der Waals surface area contributed by atoms with Crippen molar-refractivity contribution in [2.75, 3.05) is 28.2 Å². The number of sulfonamides is 1. The largest absolute Gasteiger partial charge is 0.449 e. The lowest BCUT2D eigenvalue weighted by Crippen LogP contribution is -2.34. The summed E-state index contributed by atoms with van der Waals surface area (Å²) in [7, 11) is 2.42. The van der Waals surface area contributed by atoms with Crippen LogP contribution in [0.5, 0.6) is 0 Å². The first-order chi connectivity index (χ1) is 10.1. The maximum Gasteiger partial charge on any atom is 0.338 e. The second kappa shape index (κ2) is 6.89. The fraction of sp³-hybridized carbons (Fsp3) is 0.429. The van der Waals surface area contributed by atoms with Crippen LogP contribution in [0.4, 0.5) is 0 Å². The lowest BCUT2D eigenvalue weighted by atomic mass is 10.2. The molecule has 0 aliphatic carbocycles. The minimum atomic E-state index is -3.55. The Labute approximate surface area is 130 Å². The maximum atomic E-state index is 11.9. The molecule has 0 aliphatic heterocycles. The maximum absolute atomic E-state index is 11.9. The van der Waals surface area contributed by atoms with Crippen molar-refractivity contribution in [2.24, 2.45) is 0 Å². The molecule has 0 spiro atoms. The van der Waals surface area contributed by atoms with Gasteiger partial charge in [-0.25, -0.2) is 17.5 Å². The second-order valence-corrected chi connectivity index (χ2v) is 7.24. The third-order valence-electron chi connectivity index (χ3n) is 2.94. The molecule has 1 aromatic rings. The van der Waals surface area contributed by atoms with E-state index in [4.69, 9.17) is 4.74 Å². The number of likely N-dealkylation sites (N-methyl/N-ethyl adjacent to an activating group) is 1. The van der Waals surface area contributed by atoms with E-state index < -0.39 is 22.1 Å². The normalized spacial score (nSPS) is 12.8. The van der Waals surface area contributed by atoms with Gasteiger partial charge in [-0.1, -0.05) is 0 Å². The molecule has 7 nitrogen and oxygen atoms in total. The van der Waals surface area contributed by atoms with Gasteiger partial charge < -0.3 is 9.64 Å². The van der Waals surface area contributed by atoms with E-state index in [2.05, 4.69) is 0 Å². The number of hydrogen-bond acceptors (Lipinski definition) is 5. The second-order valence-electron chi connectivity index (χ2n) is 5.09. The fourth-order valence-electron chi connectivity index (χ4n) is 1.62. The van der Waals surface area contributed by atoms with Crippen molar-refractivity contribution in [2.45, 2.75) is 17.9 Å². The van der Waals surface area contributed by atoms with Gasteiger partial charge in [-0.2, -0.15) is 0 Å². The van der Waals surface area contributed by atoms with Crippen LogP contribution in [-0.4, -0.2) is 63.8 Å². The molecule has 1 aromatic carbocycles. The minimum absolute atomic E-state index is 0.0754. The van der Waals surface area contributed by atoms with Gasteiger partial charge in [0.2, 0.25) is 10.0 Å². The Balaban J connectivity index is 2.88. The fourth-order valence-corrected chi connectivity index (χ4v) is 2.52. The highest BCUT2D eigenvalue weighted by molar-refractivity contribution is 7.89. The molecule has 0 aromatic heterocycles. The van der Waals surface area contributed by atoms with Gasteiger partial charge in [-0.15, -0.1) is 0 Å². The molecule has 0 saturated carbocycles. The molecule has 8 heteroatoms. The van der Waals surface area contributed by atoms with Gasteiger partial charge in [0, 0.05) is 28.2 Å². The average molecular weight is 328 g/mol. The molecule has 0 unspecified atom stereocenters. The molecule has 0 radical (unpaired) electrons. The van der Waals surface area contributed by atoms with E-state index in [9.17, 15) is 18.0 Å². The number of ether oxygens (including phenoxy) is 1. The highest BCUT2D eigenvalue weighted by atomic mass is 32.2. The topological polar surface area (TPSA) is 84.0 Å². The Morgan fingerprint density at radius 1 is 1.05 bits per heavy atom. The van der Waals surface area contributed by atoms with Gasteiger partial charge in [-0.05, 0) is 31.2 Å². The highest BCUT2D eigenvalue weighted by Gasteiger charge is 2.21. The van der Waals surface area contributed by atoms with Gasteiger partial charge >= 0.3 is 5.97 Å². The summed E-state index contributed by atoms with van der Waals surface area (Å²) in [4.78, 5) is 25.0. The third kappa shape index (κ3) is 4.05. The standard InChI is InChI=1S/C14H20N2O5S/c1-10(13(17)15(2)3)21-14(18)11-6-8-12(9-7-11)22(19,20)16(4)5/h6-10H,1-5H3/t10-/m1/s1. The molecule has 0 bridgehead atoms. The van der Waals surface area contributed by atoms with Crippen molar-refractivity contribution in [3.05, 3.63) is 29.8 Å². The van der Waals surface area contributed by atoms with E-state index in [0.29, 0.717) is 0 Å². The molecule has 0 N–H and O–H groups in total. The van der Waals surface area contributed by atoms with Crippen LogP contribution in [0.25, 0.3) is 0 Å². The van der Waals surface area contributed by atoms with Crippen molar-refractivity contribution < 1.29 is 22.7 Å². The number of benzene rings is 1. The summed E-state index contributed by atoms with van der Waals surface area (Å²) >= 11 is 0. The predicted octanol–water partition coefficient (Wildman–Crippen LogP) is 0.570. The van der Waals surface area contributed by atoms with Gasteiger partial charge in [0.15, 0.2) is 6.10 Å². The van der Waals surface area contributed by atoms with E-state index in [0.717, 1.165) is 4.31 Å².